The summed E-state index contributed by atoms with van der Waals surface area (Å²) >= 11 is 3.76. The van der Waals surface area contributed by atoms with E-state index in [2.05, 4.69) is 20.8 Å². The Morgan fingerprint density at radius 2 is 2.19 bits per heavy atom. The van der Waals surface area contributed by atoms with E-state index < -0.39 is 0 Å². The van der Waals surface area contributed by atoms with Gasteiger partial charge in [0.05, 0.1) is 5.69 Å². The molecule has 0 aliphatic rings. The second kappa shape index (κ2) is 7.30. The number of hydrogen-bond donors (Lipinski definition) is 1. The van der Waals surface area contributed by atoms with Gasteiger partial charge in [-0.15, -0.1) is 11.3 Å². The molecule has 0 radical (unpaired) electrons. The molecule has 4 heteroatoms. The quantitative estimate of drug-likeness (QED) is 0.761. The van der Waals surface area contributed by atoms with E-state index in [9.17, 15) is 0 Å². The van der Waals surface area contributed by atoms with Crippen molar-refractivity contribution in [3.63, 3.8) is 0 Å². The number of nitrogens with zero attached hydrogens (tertiary/aromatic N) is 1. The fourth-order valence-corrected chi connectivity index (χ4v) is 3.44. The minimum atomic E-state index is 0.637. The number of hydrogen-bond acceptors (Lipinski definition) is 4. The van der Waals surface area contributed by atoms with Crippen LogP contribution in [0.3, 0.4) is 0 Å². The monoisotopic (exact) mass is 258 g/mol. The van der Waals surface area contributed by atoms with Gasteiger partial charge in [0.1, 0.15) is 5.01 Å². The third-order valence-electron chi connectivity index (χ3n) is 2.18. The van der Waals surface area contributed by atoms with Crippen LogP contribution in [0, 0.1) is 5.92 Å². The maximum atomic E-state index is 5.76. The van der Waals surface area contributed by atoms with E-state index in [1.54, 1.807) is 11.3 Å². The Balaban J connectivity index is 2.62. The molecule has 92 valence electrons. The van der Waals surface area contributed by atoms with Crippen molar-refractivity contribution in [2.24, 2.45) is 11.7 Å². The first-order chi connectivity index (χ1) is 7.67. The maximum absolute atomic E-state index is 5.76. The van der Waals surface area contributed by atoms with Gasteiger partial charge in [0.15, 0.2) is 0 Å². The summed E-state index contributed by atoms with van der Waals surface area (Å²) in [5.74, 6) is 2.92. The van der Waals surface area contributed by atoms with Gasteiger partial charge >= 0.3 is 0 Å². The molecule has 0 aliphatic heterocycles. The number of thioether (sulfide) groups is 1. The summed E-state index contributed by atoms with van der Waals surface area (Å²) in [5.41, 5.74) is 6.99. The van der Waals surface area contributed by atoms with Crippen molar-refractivity contribution in [3.05, 3.63) is 15.6 Å². The lowest BCUT2D eigenvalue weighted by Crippen LogP contribution is -2.02. The van der Waals surface area contributed by atoms with Crippen LogP contribution in [0.1, 0.15) is 42.8 Å². The standard InChI is InChI=1S/C12H22N2S2/c1-4-5-15-8-12-14-10(6-9(2)3)11(7-13)16-12/h9H,4-8,13H2,1-3H3. The third-order valence-corrected chi connectivity index (χ3v) is 4.66. The van der Waals surface area contributed by atoms with E-state index in [1.165, 1.54) is 27.8 Å². The molecule has 0 bridgehead atoms. The highest BCUT2D eigenvalue weighted by atomic mass is 32.2. The number of thiazole rings is 1. The van der Waals surface area contributed by atoms with Crippen molar-refractivity contribution in [2.45, 2.75) is 45.9 Å². The van der Waals surface area contributed by atoms with E-state index in [1.807, 2.05) is 11.8 Å². The molecular weight excluding hydrogens is 236 g/mol. The van der Waals surface area contributed by atoms with Gasteiger partial charge in [0.2, 0.25) is 0 Å². The summed E-state index contributed by atoms with van der Waals surface area (Å²) in [4.78, 5) is 5.99. The van der Waals surface area contributed by atoms with E-state index in [0.29, 0.717) is 12.5 Å². The van der Waals surface area contributed by atoms with Crippen LogP contribution in [0.4, 0.5) is 0 Å². The smallest absolute Gasteiger partial charge is 0.103 e. The predicted molar refractivity (Wildman–Crippen MR) is 75.0 cm³/mol. The molecule has 1 heterocycles. The number of nitrogens with two attached hydrogens (primary N) is 1. The maximum Gasteiger partial charge on any atom is 0.103 e. The molecule has 0 unspecified atom stereocenters. The van der Waals surface area contributed by atoms with Crippen LogP contribution >= 0.6 is 23.1 Å². The molecule has 1 rings (SSSR count). The first-order valence-corrected chi connectivity index (χ1v) is 7.89. The highest BCUT2D eigenvalue weighted by Gasteiger charge is 2.11. The molecule has 0 saturated carbocycles. The van der Waals surface area contributed by atoms with Crippen molar-refractivity contribution in [1.29, 1.82) is 0 Å². The van der Waals surface area contributed by atoms with Crippen molar-refractivity contribution in [1.82, 2.24) is 4.98 Å². The summed E-state index contributed by atoms with van der Waals surface area (Å²) in [7, 11) is 0. The fraction of sp³-hybridized carbons (Fsp3) is 0.750. The SMILES string of the molecule is CCCSCc1nc(CC(C)C)c(CN)s1. The Kier molecular flexibility index (Phi) is 6.39. The van der Waals surface area contributed by atoms with E-state index >= 15 is 0 Å². The second-order valence-corrected chi connectivity index (χ2v) is 6.61. The Bertz CT molecular complexity index is 308. The molecule has 0 aliphatic carbocycles. The largest absolute Gasteiger partial charge is 0.326 e. The Morgan fingerprint density at radius 3 is 2.75 bits per heavy atom. The Morgan fingerprint density at radius 1 is 1.44 bits per heavy atom. The van der Waals surface area contributed by atoms with Crippen LogP contribution in [-0.4, -0.2) is 10.7 Å². The molecule has 1 aromatic heterocycles. The minimum absolute atomic E-state index is 0.637. The van der Waals surface area contributed by atoms with Gasteiger partial charge in [-0.3, -0.25) is 0 Å². The van der Waals surface area contributed by atoms with Crippen LogP contribution in [0.15, 0.2) is 0 Å². The zero-order valence-corrected chi connectivity index (χ0v) is 12.1. The lowest BCUT2D eigenvalue weighted by Gasteiger charge is -2.02. The summed E-state index contributed by atoms with van der Waals surface area (Å²) in [5, 5.41) is 1.24. The molecule has 0 aromatic carbocycles. The third kappa shape index (κ3) is 4.44. The lowest BCUT2D eigenvalue weighted by molar-refractivity contribution is 0.633. The summed E-state index contributed by atoms with van der Waals surface area (Å²) in [6.45, 7) is 7.30. The first-order valence-electron chi connectivity index (χ1n) is 5.92. The normalized spacial score (nSPS) is 11.3. The van der Waals surface area contributed by atoms with Crippen LogP contribution in [0.2, 0.25) is 0 Å². The molecule has 2 nitrogen and oxygen atoms in total. The molecular formula is C12H22N2S2. The minimum Gasteiger partial charge on any atom is -0.326 e. The summed E-state index contributed by atoms with van der Waals surface area (Å²) < 4.78 is 0. The van der Waals surface area contributed by atoms with Crippen molar-refractivity contribution < 1.29 is 0 Å². The van der Waals surface area contributed by atoms with Gasteiger partial charge in [0.25, 0.3) is 0 Å². The van der Waals surface area contributed by atoms with Crippen LogP contribution in [-0.2, 0) is 18.7 Å². The molecule has 1 aromatic rings. The van der Waals surface area contributed by atoms with Gasteiger partial charge in [0, 0.05) is 17.2 Å². The Labute approximate surface area is 107 Å². The van der Waals surface area contributed by atoms with E-state index in [-0.39, 0.29) is 0 Å². The highest BCUT2D eigenvalue weighted by molar-refractivity contribution is 7.98. The molecule has 0 spiro atoms. The number of rotatable bonds is 7. The zero-order valence-electron chi connectivity index (χ0n) is 10.5. The molecule has 0 saturated heterocycles. The topological polar surface area (TPSA) is 38.9 Å². The molecule has 0 fully saturated rings. The zero-order chi connectivity index (χ0) is 12.0. The fourth-order valence-electron chi connectivity index (χ4n) is 1.51. The Hall–Kier alpha value is -0.0600. The molecule has 16 heavy (non-hydrogen) atoms. The van der Waals surface area contributed by atoms with Gasteiger partial charge < -0.3 is 5.73 Å². The summed E-state index contributed by atoms with van der Waals surface area (Å²) in [6.07, 6.45) is 2.29. The van der Waals surface area contributed by atoms with Gasteiger partial charge in [-0.2, -0.15) is 11.8 Å². The summed E-state index contributed by atoms with van der Waals surface area (Å²) in [6, 6.07) is 0. The van der Waals surface area contributed by atoms with Gasteiger partial charge in [-0.05, 0) is 24.5 Å². The van der Waals surface area contributed by atoms with Crippen molar-refractivity contribution >= 4 is 23.1 Å². The highest BCUT2D eigenvalue weighted by Crippen LogP contribution is 2.24. The predicted octanol–water partition coefficient (Wildman–Crippen LogP) is 3.44. The molecule has 2 N–H and O–H groups in total. The van der Waals surface area contributed by atoms with Crippen molar-refractivity contribution in [3.8, 4) is 0 Å². The van der Waals surface area contributed by atoms with E-state index in [0.717, 1.165) is 12.2 Å². The average molecular weight is 258 g/mol. The second-order valence-electron chi connectivity index (χ2n) is 4.33. The van der Waals surface area contributed by atoms with Crippen LogP contribution in [0.5, 0.6) is 0 Å². The van der Waals surface area contributed by atoms with Crippen LogP contribution in [0.25, 0.3) is 0 Å². The van der Waals surface area contributed by atoms with Gasteiger partial charge in [-0.25, -0.2) is 4.98 Å². The van der Waals surface area contributed by atoms with Gasteiger partial charge in [-0.1, -0.05) is 20.8 Å². The first kappa shape index (κ1) is 14.0. The van der Waals surface area contributed by atoms with Crippen LogP contribution < -0.4 is 5.73 Å². The van der Waals surface area contributed by atoms with Crippen molar-refractivity contribution in [2.75, 3.05) is 5.75 Å². The lowest BCUT2D eigenvalue weighted by atomic mass is 10.1. The van der Waals surface area contributed by atoms with E-state index in [4.69, 9.17) is 10.7 Å². The average Bonchev–Trinajstić information content (AvgIpc) is 2.60. The molecule has 0 atom stereocenters. The molecule has 0 amide bonds. The number of aromatic nitrogens is 1.